The van der Waals surface area contributed by atoms with E-state index in [2.05, 4.69) is 6.92 Å². The molecule has 0 aliphatic heterocycles. The molecule has 0 heterocycles. The maximum Gasteiger partial charge on any atom is 0.128 e. The summed E-state index contributed by atoms with van der Waals surface area (Å²) in [7, 11) is 3.22. The minimum atomic E-state index is -1.06. The van der Waals surface area contributed by atoms with Gasteiger partial charge in [-0.05, 0) is 24.1 Å². The second kappa shape index (κ2) is 6.64. The summed E-state index contributed by atoms with van der Waals surface area (Å²) >= 11 is 0. The van der Waals surface area contributed by atoms with E-state index in [1.54, 1.807) is 20.3 Å². The maximum absolute atomic E-state index is 11.3. The van der Waals surface area contributed by atoms with E-state index in [9.17, 15) is 5.11 Å². The molecule has 112 valence electrons. The van der Waals surface area contributed by atoms with Crippen molar-refractivity contribution in [1.82, 2.24) is 0 Å². The minimum absolute atomic E-state index is 0.625. The molecule has 2 aromatic carbocycles. The zero-order valence-electron chi connectivity index (χ0n) is 12.8. The lowest BCUT2D eigenvalue weighted by molar-refractivity contribution is 0.0673. The Morgan fingerprint density at radius 3 is 2.29 bits per heavy atom. The van der Waals surface area contributed by atoms with Gasteiger partial charge in [0.25, 0.3) is 0 Å². The van der Waals surface area contributed by atoms with Crippen LogP contribution in [0.25, 0.3) is 0 Å². The fourth-order valence-corrected chi connectivity index (χ4v) is 2.65. The van der Waals surface area contributed by atoms with Crippen molar-refractivity contribution >= 4 is 0 Å². The summed E-state index contributed by atoms with van der Waals surface area (Å²) in [5.41, 5.74) is 0.572. The van der Waals surface area contributed by atoms with Crippen LogP contribution in [0.3, 0.4) is 0 Å². The molecule has 0 aromatic heterocycles. The first-order chi connectivity index (χ1) is 10.2. The van der Waals surface area contributed by atoms with E-state index < -0.39 is 5.60 Å². The Hall–Kier alpha value is -2.00. The third-order valence-corrected chi connectivity index (χ3v) is 3.72. The van der Waals surface area contributed by atoms with Crippen LogP contribution in [0.1, 0.15) is 30.9 Å². The molecule has 1 atom stereocenters. The summed E-state index contributed by atoms with van der Waals surface area (Å²) in [4.78, 5) is 0. The van der Waals surface area contributed by atoms with Gasteiger partial charge in [-0.3, -0.25) is 0 Å². The fourth-order valence-electron chi connectivity index (χ4n) is 2.65. The second-order valence-corrected chi connectivity index (χ2v) is 5.04. The monoisotopic (exact) mass is 286 g/mol. The van der Waals surface area contributed by atoms with Crippen molar-refractivity contribution in [2.45, 2.75) is 25.4 Å². The molecule has 3 nitrogen and oxygen atoms in total. The molecule has 0 radical (unpaired) electrons. The highest BCUT2D eigenvalue weighted by Gasteiger charge is 2.33. The smallest absolute Gasteiger partial charge is 0.128 e. The molecule has 0 saturated heterocycles. The van der Waals surface area contributed by atoms with Gasteiger partial charge >= 0.3 is 0 Å². The van der Waals surface area contributed by atoms with Gasteiger partial charge in [-0.15, -0.1) is 0 Å². The van der Waals surface area contributed by atoms with Crippen molar-refractivity contribution < 1.29 is 14.6 Å². The van der Waals surface area contributed by atoms with Crippen LogP contribution in [0.5, 0.6) is 11.5 Å². The highest BCUT2D eigenvalue weighted by Crippen LogP contribution is 2.40. The Balaban J connectivity index is 2.57. The number of hydrogen-bond donors (Lipinski definition) is 1. The van der Waals surface area contributed by atoms with E-state index in [1.165, 1.54) is 0 Å². The van der Waals surface area contributed by atoms with Gasteiger partial charge in [0.1, 0.15) is 17.1 Å². The summed E-state index contributed by atoms with van der Waals surface area (Å²) in [6, 6.07) is 15.2. The molecule has 0 amide bonds. The molecule has 1 unspecified atom stereocenters. The molecule has 0 aliphatic rings. The normalized spacial score (nSPS) is 13.5. The van der Waals surface area contributed by atoms with Gasteiger partial charge in [-0.25, -0.2) is 0 Å². The van der Waals surface area contributed by atoms with E-state index in [4.69, 9.17) is 9.47 Å². The first kappa shape index (κ1) is 15.4. The Bertz CT molecular complexity index is 580. The Kier molecular flexibility index (Phi) is 4.86. The molecular weight excluding hydrogens is 264 g/mol. The summed E-state index contributed by atoms with van der Waals surface area (Å²) in [5, 5.41) is 11.3. The van der Waals surface area contributed by atoms with Gasteiger partial charge in [0.05, 0.1) is 14.2 Å². The van der Waals surface area contributed by atoms with Crippen molar-refractivity contribution in [1.29, 1.82) is 0 Å². The molecule has 0 saturated carbocycles. The number of rotatable bonds is 6. The molecule has 0 fully saturated rings. The van der Waals surface area contributed by atoms with Crippen molar-refractivity contribution in [3.63, 3.8) is 0 Å². The zero-order chi connectivity index (χ0) is 15.3. The number of benzene rings is 2. The van der Waals surface area contributed by atoms with Crippen LogP contribution in [0, 0.1) is 0 Å². The van der Waals surface area contributed by atoms with Crippen LogP contribution < -0.4 is 9.47 Å². The molecule has 21 heavy (non-hydrogen) atoms. The Labute approximate surface area is 126 Å². The average molecular weight is 286 g/mol. The van der Waals surface area contributed by atoms with Crippen molar-refractivity contribution in [2.24, 2.45) is 0 Å². The summed E-state index contributed by atoms with van der Waals surface area (Å²) in [5.74, 6) is 1.34. The maximum atomic E-state index is 11.3. The standard InChI is InChI=1S/C18H22O3/c1-4-12-18(19,14-8-6-5-7-9-14)16-11-10-15(20-2)13-17(16)21-3/h5-11,13,19H,4,12H2,1-3H3. The summed E-state index contributed by atoms with van der Waals surface area (Å²) < 4.78 is 10.7. The first-order valence-corrected chi connectivity index (χ1v) is 7.16. The van der Waals surface area contributed by atoms with Gasteiger partial charge in [0.2, 0.25) is 0 Å². The van der Waals surface area contributed by atoms with Crippen molar-refractivity contribution in [3.05, 3.63) is 59.7 Å². The topological polar surface area (TPSA) is 38.7 Å². The molecule has 1 N–H and O–H groups in total. The van der Waals surface area contributed by atoms with Gasteiger partial charge < -0.3 is 14.6 Å². The lowest BCUT2D eigenvalue weighted by Gasteiger charge is -2.30. The van der Waals surface area contributed by atoms with Gasteiger partial charge in [-0.2, -0.15) is 0 Å². The molecular formula is C18H22O3. The largest absolute Gasteiger partial charge is 0.497 e. The predicted octanol–water partition coefficient (Wildman–Crippen LogP) is 3.74. The molecule has 0 aliphatic carbocycles. The van der Waals surface area contributed by atoms with Crippen LogP contribution in [0.2, 0.25) is 0 Å². The van der Waals surface area contributed by atoms with E-state index >= 15 is 0 Å². The molecule has 0 bridgehead atoms. The first-order valence-electron chi connectivity index (χ1n) is 7.16. The molecule has 2 rings (SSSR count). The SMILES string of the molecule is CCCC(O)(c1ccccc1)c1ccc(OC)cc1OC. The third kappa shape index (κ3) is 3.03. The Morgan fingerprint density at radius 1 is 1.00 bits per heavy atom. The number of aliphatic hydroxyl groups is 1. The number of methoxy groups -OCH3 is 2. The van der Waals surface area contributed by atoms with Gasteiger partial charge in [-0.1, -0.05) is 43.7 Å². The lowest BCUT2D eigenvalue weighted by atomic mass is 9.82. The third-order valence-electron chi connectivity index (χ3n) is 3.72. The van der Waals surface area contributed by atoms with Crippen LogP contribution in [-0.2, 0) is 5.60 Å². The highest BCUT2D eigenvalue weighted by molar-refractivity contribution is 5.48. The summed E-state index contributed by atoms with van der Waals surface area (Å²) in [6.07, 6.45) is 1.49. The second-order valence-electron chi connectivity index (χ2n) is 5.04. The number of ether oxygens (including phenoxy) is 2. The van der Waals surface area contributed by atoms with Gasteiger partial charge in [0.15, 0.2) is 0 Å². The average Bonchev–Trinajstić information content (AvgIpc) is 2.55. The Morgan fingerprint density at radius 2 is 1.71 bits per heavy atom. The quantitative estimate of drug-likeness (QED) is 0.879. The van der Waals surface area contributed by atoms with E-state index in [0.29, 0.717) is 17.9 Å². The number of hydrogen-bond acceptors (Lipinski definition) is 3. The lowest BCUT2D eigenvalue weighted by Crippen LogP contribution is -2.27. The molecule has 0 spiro atoms. The van der Waals surface area contributed by atoms with Crippen LogP contribution in [0.4, 0.5) is 0 Å². The van der Waals surface area contributed by atoms with Crippen LogP contribution >= 0.6 is 0 Å². The van der Waals surface area contributed by atoms with E-state index in [1.807, 2.05) is 42.5 Å². The van der Waals surface area contributed by atoms with Crippen molar-refractivity contribution in [2.75, 3.05) is 14.2 Å². The molecule has 3 heteroatoms. The summed E-state index contributed by atoms with van der Waals surface area (Å²) in [6.45, 7) is 2.06. The van der Waals surface area contributed by atoms with Crippen LogP contribution in [0.15, 0.2) is 48.5 Å². The minimum Gasteiger partial charge on any atom is -0.497 e. The van der Waals surface area contributed by atoms with E-state index in [-0.39, 0.29) is 0 Å². The van der Waals surface area contributed by atoms with Crippen molar-refractivity contribution in [3.8, 4) is 11.5 Å². The van der Waals surface area contributed by atoms with Crippen LogP contribution in [-0.4, -0.2) is 19.3 Å². The van der Waals surface area contributed by atoms with Gasteiger partial charge in [0, 0.05) is 11.6 Å². The molecule has 2 aromatic rings. The fraction of sp³-hybridized carbons (Fsp3) is 0.333. The highest BCUT2D eigenvalue weighted by atomic mass is 16.5. The zero-order valence-corrected chi connectivity index (χ0v) is 12.8. The van der Waals surface area contributed by atoms with E-state index in [0.717, 1.165) is 17.5 Å². The predicted molar refractivity (Wildman–Crippen MR) is 83.9 cm³/mol.